The molecule has 0 saturated heterocycles. The molecule has 1 aliphatic heterocycles. The van der Waals surface area contributed by atoms with Crippen LogP contribution in [0.2, 0.25) is 0 Å². The number of amides is 1. The van der Waals surface area contributed by atoms with Gasteiger partial charge in [0, 0.05) is 23.4 Å². The number of carbonyl (C=O) groups is 1. The van der Waals surface area contributed by atoms with Gasteiger partial charge in [-0.15, -0.1) is 11.6 Å². The number of nitrogens with one attached hydrogen (secondary N) is 1. The Morgan fingerprint density at radius 2 is 2.32 bits per heavy atom. The summed E-state index contributed by atoms with van der Waals surface area (Å²) in [6.07, 6.45) is 2.51. The molecule has 3 nitrogen and oxygen atoms in total. The topological polar surface area (TPSA) is 38.3 Å². The minimum atomic E-state index is -0.242. The Morgan fingerprint density at radius 1 is 1.53 bits per heavy atom. The van der Waals surface area contributed by atoms with Crippen molar-refractivity contribution in [3.05, 3.63) is 29.3 Å². The molecule has 0 saturated carbocycles. The molecular formula is C15H20ClNO2. The van der Waals surface area contributed by atoms with E-state index in [0.29, 0.717) is 18.1 Å². The van der Waals surface area contributed by atoms with Gasteiger partial charge in [-0.25, -0.2) is 0 Å². The molecule has 0 fully saturated rings. The third-order valence-corrected chi connectivity index (χ3v) is 3.98. The van der Waals surface area contributed by atoms with Crippen LogP contribution in [0.25, 0.3) is 0 Å². The molecule has 1 N–H and O–H groups in total. The summed E-state index contributed by atoms with van der Waals surface area (Å²) >= 11 is 5.80. The second-order valence-corrected chi connectivity index (χ2v) is 5.61. The van der Waals surface area contributed by atoms with Crippen molar-refractivity contribution >= 4 is 17.5 Å². The first-order valence-electron chi connectivity index (χ1n) is 6.72. The van der Waals surface area contributed by atoms with Gasteiger partial charge in [0.05, 0.1) is 6.61 Å². The molecule has 104 valence electrons. The van der Waals surface area contributed by atoms with E-state index in [2.05, 4.69) is 12.2 Å². The molecule has 1 aromatic rings. The number of carbonyl (C=O) groups excluding carboxylic acids is 1. The molecule has 4 heteroatoms. The maximum Gasteiger partial charge on any atom is 0.251 e. The average Bonchev–Trinajstić information content (AvgIpc) is 2.86. The van der Waals surface area contributed by atoms with Crippen molar-refractivity contribution in [2.45, 2.75) is 38.6 Å². The first-order chi connectivity index (χ1) is 9.08. The zero-order valence-electron chi connectivity index (χ0n) is 11.5. The summed E-state index contributed by atoms with van der Waals surface area (Å²) in [4.78, 5) is 12.3. The van der Waals surface area contributed by atoms with Crippen LogP contribution in [0.15, 0.2) is 18.2 Å². The summed E-state index contributed by atoms with van der Waals surface area (Å²) in [6.45, 7) is 4.80. The first kappa shape index (κ1) is 14.2. The molecule has 1 aliphatic rings. The third kappa shape index (κ3) is 3.21. The monoisotopic (exact) mass is 281 g/mol. The lowest BCUT2D eigenvalue weighted by Crippen LogP contribution is -2.45. The fourth-order valence-corrected chi connectivity index (χ4v) is 2.63. The van der Waals surface area contributed by atoms with Crippen LogP contribution >= 0.6 is 11.6 Å². The highest BCUT2D eigenvalue weighted by Gasteiger charge is 2.24. The molecule has 1 heterocycles. The van der Waals surface area contributed by atoms with Crippen LogP contribution in [0, 0.1) is 0 Å². The predicted molar refractivity (Wildman–Crippen MR) is 77.1 cm³/mol. The molecule has 0 bridgehead atoms. The summed E-state index contributed by atoms with van der Waals surface area (Å²) in [6, 6.07) is 5.62. The fraction of sp³-hybridized carbons (Fsp3) is 0.533. The van der Waals surface area contributed by atoms with Crippen molar-refractivity contribution in [1.29, 1.82) is 0 Å². The minimum absolute atomic E-state index is 0.0378. The molecule has 1 amide bonds. The SMILES string of the molecule is CCC(C)(CCCl)NC(=O)c1ccc2c(c1)CCO2. The van der Waals surface area contributed by atoms with Gasteiger partial charge in [-0.3, -0.25) is 4.79 Å². The Morgan fingerprint density at radius 3 is 3.00 bits per heavy atom. The number of halogens is 1. The van der Waals surface area contributed by atoms with E-state index < -0.39 is 0 Å². The number of fused-ring (bicyclic) bond motifs is 1. The Kier molecular flexibility index (Phi) is 4.35. The van der Waals surface area contributed by atoms with Crippen LogP contribution in [0.3, 0.4) is 0 Å². The predicted octanol–water partition coefficient (Wildman–Crippen LogP) is 3.15. The summed E-state index contributed by atoms with van der Waals surface area (Å²) in [5.41, 5.74) is 1.57. The fourth-order valence-electron chi connectivity index (χ4n) is 2.21. The maximum absolute atomic E-state index is 12.3. The Balaban J connectivity index is 2.11. The Labute approximate surface area is 119 Å². The van der Waals surface area contributed by atoms with E-state index in [9.17, 15) is 4.79 Å². The molecule has 0 aliphatic carbocycles. The highest BCUT2D eigenvalue weighted by Crippen LogP contribution is 2.26. The number of rotatable bonds is 5. The van der Waals surface area contributed by atoms with E-state index in [1.54, 1.807) is 0 Å². The largest absolute Gasteiger partial charge is 0.493 e. The van der Waals surface area contributed by atoms with Crippen LogP contribution in [-0.4, -0.2) is 23.9 Å². The van der Waals surface area contributed by atoms with Gasteiger partial charge in [-0.05, 0) is 43.5 Å². The van der Waals surface area contributed by atoms with E-state index in [-0.39, 0.29) is 11.4 Å². The molecule has 0 aromatic heterocycles. The van der Waals surface area contributed by atoms with E-state index in [1.165, 1.54) is 0 Å². The summed E-state index contributed by atoms with van der Waals surface area (Å²) in [5, 5.41) is 3.09. The van der Waals surface area contributed by atoms with Crippen molar-refractivity contribution in [3.8, 4) is 5.75 Å². The Bertz CT molecular complexity index is 475. The number of benzene rings is 1. The van der Waals surface area contributed by atoms with E-state index in [1.807, 2.05) is 25.1 Å². The lowest BCUT2D eigenvalue weighted by molar-refractivity contribution is 0.0901. The van der Waals surface area contributed by atoms with E-state index in [0.717, 1.165) is 30.6 Å². The van der Waals surface area contributed by atoms with Crippen LogP contribution in [-0.2, 0) is 6.42 Å². The van der Waals surface area contributed by atoms with Gasteiger partial charge in [-0.1, -0.05) is 6.92 Å². The van der Waals surface area contributed by atoms with Gasteiger partial charge >= 0.3 is 0 Å². The zero-order valence-corrected chi connectivity index (χ0v) is 12.2. The average molecular weight is 282 g/mol. The number of hydrogen-bond acceptors (Lipinski definition) is 2. The maximum atomic E-state index is 12.3. The third-order valence-electron chi connectivity index (χ3n) is 3.79. The van der Waals surface area contributed by atoms with E-state index >= 15 is 0 Å². The van der Waals surface area contributed by atoms with Gasteiger partial charge in [-0.2, -0.15) is 0 Å². The van der Waals surface area contributed by atoms with Crippen molar-refractivity contribution in [1.82, 2.24) is 5.32 Å². The Hall–Kier alpha value is -1.22. The van der Waals surface area contributed by atoms with Crippen molar-refractivity contribution in [3.63, 3.8) is 0 Å². The molecule has 1 aromatic carbocycles. The van der Waals surface area contributed by atoms with Gasteiger partial charge in [0.1, 0.15) is 5.75 Å². The lowest BCUT2D eigenvalue weighted by Gasteiger charge is -2.29. The smallest absolute Gasteiger partial charge is 0.251 e. The van der Waals surface area contributed by atoms with Crippen molar-refractivity contribution in [2.75, 3.05) is 12.5 Å². The molecule has 19 heavy (non-hydrogen) atoms. The molecular weight excluding hydrogens is 262 g/mol. The van der Waals surface area contributed by atoms with Crippen LogP contribution in [0.5, 0.6) is 5.75 Å². The van der Waals surface area contributed by atoms with Gasteiger partial charge in [0.2, 0.25) is 0 Å². The summed E-state index contributed by atoms with van der Waals surface area (Å²) in [5.74, 6) is 1.41. The van der Waals surface area contributed by atoms with Crippen LogP contribution in [0.4, 0.5) is 0 Å². The van der Waals surface area contributed by atoms with E-state index in [4.69, 9.17) is 16.3 Å². The number of hydrogen-bond donors (Lipinski definition) is 1. The molecule has 0 radical (unpaired) electrons. The molecule has 2 rings (SSSR count). The van der Waals surface area contributed by atoms with Gasteiger partial charge in [0.15, 0.2) is 0 Å². The highest BCUT2D eigenvalue weighted by molar-refractivity contribution is 6.17. The van der Waals surface area contributed by atoms with Crippen LogP contribution < -0.4 is 10.1 Å². The molecule has 1 atom stereocenters. The molecule has 0 spiro atoms. The number of alkyl halides is 1. The summed E-state index contributed by atoms with van der Waals surface area (Å²) < 4.78 is 5.44. The number of ether oxygens (including phenoxy) is 1. The zero-order chi connectivity index (χ0) is 13.9. The quantitative estimate of drug-likeness (QED) is 0.842. The standard InChI is InChI=1S/C15H20ClNO2/c1-3-15(2,7-8-16)17-14(18)12-4-5-13-11(10-12)6-9-19-13/h4-5,10H,3,6-9H2,1-2H3,(H,17,18). The van der Waals surface area contributed by atoms with Crippen molar-refractivity contribution in [2.24, 2.45) is 0 Å². The highest BCUT2D eigenvalue weighted by atomic mass is 35.5. The lowest BCUT2D eigenvalue weighted by atomic mass is 9.94. The molecule has 1 unspecified atom stereocenters. The van der Waals surface area contributed by atoms with Crippen LogP contribution in [0.1, 0.15) is 42.6 Å². The summed E-state index contributed by atoms with van der Waals surface area (Å²) in [7, 11) is 0. The first-order valence-corrected chi connectivity index (χ1v) is 7.25. The second-order valence-electron chi connectivity index (χ2n) is 5.23. The van der Waals surface area contributed by atoms with Crippen molar-refractivity contribution < 1.29 is 9.53 Å². The van der Waals surface area contributed by atoms with Gasteiger partial charge < -0.3 is 10.1 Å². The minimum Gasteiger partial charge on any atom is -0.493 e. The normalized spacial score (nSPS) is 16.4. The second kappa shape index (κ2) is 5.83. The van der Waals surface area contributed by atoms with Gasteiger partial charge in [0.25, 0.3) is 5.91 Å².